The third-order valence-corrected chi connectivity index (χ3v) is 6.32. The quantitative estimate of drug-likeness (QED) is 0.479. The van der Waals surface area contributed by atoms with E-state index in [1.165, 1.54) is 12.3 Å². The number of hydrogen-bond donors (Lipinski definition) is 2. The van der Waals surface area contributed by atoms with Gasteiger partial charge < -0.3 is 15.0 Å². The highest BCUT2D eigenvalue weighted by atomic mass is 32.2. The summed E-state index contributed by atoms with van der Waals surface area (Å²) in [5.41, 5.74) is 1.42. The van der Waals surface area contributed by atoms with E-state index < -0.39 is 21.7 Å². The number of nitrogens with zero attached hydrogens (tertiary/aromatic N) is 4. The first-order chi connectivity index (χ1) is 16.6. The number of benzene rings is 1. The number of fused-ring (bicyclic) bond motifs is 1. The summed E-state index contributed by atoms with van der Waals surface area (Å²) in [6.45, 7) is 5.17. The van der Waals surface area contributed by atoms with Crippen molar-refractivity contribution in [2.45, 2.75) is 32.9 Å². The Morgan fingerprint density at radius 3 is 2.66 bits per heavy atom. The van der Waals surface area contributed by atoms with Gasteiger partial charge in [0.05, 0.1) is 24.7 Å². The molecule has 0 aliphatic carbocycles. The smallest absolute Gasteiger partial charge is 0.229 e. The van der Waals surface area contributed by atoms with Gasteiger partial charge in [-0.25, -0.2) is 36.9 Å². The number of ether oxygens (including phenoxy) is 1. The number of pyridine rings is 1. The van der Waals surface area contributed by atoms with Crippen LogP contribution in [0.15, 0.2) is 36.7 Å². The molecule has 3 aromatic rings. The molecule has 0 spiro atoms. The summed E-state index contributed by atoms with van der Waals surface area (Å²) in [7, 11) is -3.32. The summed E-state index contributed by atoms with van der Waals surface area (Å²) in [5.74, 6) is -0.680. The zero-order valence-corrected chi connectivity index (χ0v) is 20.4. The van der Waals surface area contributed by atoms with E-state index in [2.05, 4.69) is 25.0 Å². The molecule has 2 N–H and O–H groups in total. The van der Waals surface area contributed by atoms with Crippen LogP contribution in [0.4, 0.5) is 26.2 Å². The van der Waals surface area contributed by atoms with E-state index in [9.17, 15) is 17.2 Å². The van der Waals surface area contributed by atoms with Gasteiger partial charge in [-0.2, -0.15) is 0 Å². The van der Waals surface area contributed by atoms with Gasteiger partial charge in [-0.1, -0.05) is 13.0 Å². The van der Waals surface area contributed by atoms with Gasteiger partial charge in [0.2, 0.25) is 16.0 Å². The Labute approximate surface area is 202 Å². The zero-order chi connectivity index (χ0) is 25.2. The lowest BCUT2D eigenvalue weighted by atomic mass is 10.1. The van der Waals surface area contributed by atoms with Crippen LogP contribution in [0.3, 0.4) is 0 Å². The molecule has 2 aromatic heterocycles. The first kappa shape index (κ1) is 24.7. The van der Waals surface area contributed by atoms with Gasteiger partial charge in [0.15, 0.2) is 17.4 Å². The molecule has 1 atom stereocenters. The molecule has 0 saturated heterocycles. The standard InChI is InChI=1S/C23H26F2N6O3S/c1-4-14(2)31-7-8-34-22-17(24)9-16(10-19(22)31)21-18(25)13-27-23(30-21)29-20-6-5-15(11-26-20)12-28-35(3,32)33/h5-6,9-11,13-14,28H,4,7-8,12H2,1-3H3,(H,26,27,29,30). The maximum absolute atomic E-state index is 14.9. The first-order valence-electron chi connectivity index (χ1n) is 11.1. The molecule has 35 heavy (non-hydrogen) atoms. The molecule has 1 unspecified atom stereocenters. The SMILES string of the molecule is CCC(C)N1CCOc2c(F)cc(-c3nc(Nc4ccc(CNS(C)(=O)=O)cn4)ncc3F)cc21. The molecule has 1 aliphatic heterocycles. The predicted octanol–water partition coefficient (Wildman–Crippen LogP) is 3.61. The molecular formula is C23H26F2N6O3S. The van der Waals surface area contributed by atoms with Crippen molar-refractivity contribution in [1.29, 1.82) is 0 Å². The molecule has 3 heterocycles. The summed E-state index contributed by atoms with van der Waals surface area (Å²) in [5, 5.41) is 2.89. The van der Waals surface area contributed by atoms with Crippen molar-refractivity contribution in [3.05, 3.63) is 53.9 Å². The summed E-state index contributed by atoms with van der Waals surface area (Å²) < 4.78 is 60.0. The lowest BCUT2D eigenvalue weighted by Crippen LogP contribution is -2.39. The van der Waals surface area contributed by atoms with Crippen molar-refractivity contribution < 1.29 is 21.9 Å². The highest BCUT2D eigenvalue weighted by Crippen LogP contribution is 2.39. The molecule has 0 radical (unpaired) electrons. The maximum Gasteiger partial charge on any atom is 0.229 e. The minimum absolute atomic E-state index is 0.0622. The van der Waals surface area contributed by atoms with Gasteiger partial charge in [-0.05, 0) is 37.1 Å². The van der Waals surface area contributed by atoms with Crippen LogP contribution >= 0.6 is 0 Å². The second kappa shape index (κ2) is 10.1. The highest BCUT2D eigenvalue weighted by molar-refractivity contribution is 7.88. The lowest BCUT2D eigenvalue weighted by molar-refractivity contribution is 0.285. The van der Waals surface area contributed by atoms with Crippen molar-refractivity contribution in [3.8, 4) is 17.0 Å². The molecule has 1 aliphatic rings. The van der Waals surface area contributed by atoms with Crippen LogP contribution in [0.25, 0.3) is 11.3 Å². The Morgan fingerprint density at radius 2 is 1.97 bits per heavy atom. The van der Waals surface area contributed by atoms with Crippen LogP contribution in [0.2, 0.25) is 0 Å². The van der Waals surface area contributed by atoms with Crippen LogP contribution in [0, 0.1) is 11.6 Å². The molecule has 4 rings (SSSR count). The van der Waals surface area contributed by atoms with Crippen molar-refractivity contribution in [3.63, 3.8) is 0 Å². The van der Waals surface area contributed by atoms with Gasteiger partial charge in [-0.15, -0.1) is 0 Å². The van der Waals surface area contributed by atoms with Crippen LogP contribution in [-0.4, -0.2) is 48.8 Å². The van der Waals surface area contributed by atoms with Crippen LogP contribution in [0.1, 0.15) is 25.8 Å². The maximum atomic E-state index is 14.9. The monoisotopic (exact) mass is 504 g/mol. The van der Waals surface area contributed by atoms with E-state index in [0.29, 0.717) is 30.2 Å². The van der Waals surface area contributed by atoms with Crippen molar-refractivity contribution in [2.24, 2.45) is 0 Å². The molecule has 12 heteroatoms. The fourth-order valence-electron chi connectivity index (χ4n) is 3.68. The Bertz CT molecular complexity index is 1320. The molecule has 9 nitrogen and oxygen atoms in total. The van der Waals surface area contributed by atoms with E-state index in [1.54, 1.807) is 18.2 Å². The third-order valence-electron chi connectivity index (χ3n) is 5.66. The number of nitrogens with one attached hydrogen (secondary N) is 2. The van der Waals surface area contributed by atoms with Crippen LogP contribution in [0.5, 0.6) is 5.75 Å². The van der Waals surface area contributed by atoms with Crippen LogP contribution in [-0.2, 0) is 16.6 Å². The second-order valence-electron chi connectivity index (χ2n) is 8.27. The van der Waals surface area contributed by atoms with E-state index in [-0.39, 0.29) is 35.5 Å². The number of hydrogen-bond acceptors (Lipinski definition) is 8. The fourth-order valence-corrected chi connectivity index (χ4v) is 4.11. The third kappa shape index (κ3) is 5.82. The number of anilines is 3. The Kier molecular flexibility index (Phi) is 7.13. The molecule has 1 aromatic carbocycles. The van der Waals surface area contributed by atoms with Gasteiger partial charge in [0.1, 0.15) is 18.1 Å². The number of sulfonamides is 1. The zero-order valence-electron chi connectivity index (χ0n) is 19.5. The van der Waals surface area contributed by atoms with Gasteiger partial charge in [0.25, 0.3) is 0 Å². The first-order valence-corrected chi connectivity index (χ1v) is 13.0. The van der Waals surface area contributed by atoms with E-state index in [4.69, 9.17) is 4.74 Å². The topological polar surface area (TPSA) is 109 Å². The second-order valence-corrected chi connectivity index (χ2v) is 10.1. The summed E-state index contributed by atoms with van der Waals surface area (Å²) in [6.07, 6.45) is 4.43. The Morgan fingerprint density at radius 1 is 1.17 bits per heavy atom. The Hall–Kier alpha value is -3.38. The lowest BCUT2D eigenvalue weighted by Gasteiger charge is -2.36. The van der Waals surface area contributed by atoms with Gasteiger partial charge >= 0.3 is 0 Å². The molecular weight excluding hydrogens is 478 g/mol. The largest absolute Gasteiger partial charge is 0.486 e. The molecule has 0 amide bonds. The average molecular weight is 505 g/mol. The molecule has 0 fully saturated rings. The fraction of sp³-hybridized carbons (Fsp3) is 0.348. The average Bonchev–Trinajstić information content (AvgIpc) is 2.83. The number of aromatic nitrogens is 3. The molecule has 0 saturated carbocycles. The minimum atomic E-state index is -3.32. The van der Waals surface area contributed by atoms with Gasteiger partial charge in [-0.3, -0.25) is 0 Å². The molecule has 186 valence electrons. The normalized spacial score (nSPS) is 14.3. The number of rotatable bonds is 8. The Balaban J connectivity index is 1.60. The van der Waals surface area contributed by atoms with E-state index in [1.807, 2.05) is 18.7 Å². The molecule has 0 bridgehead atoms. The summed E-state index contributed by atoms with van der Waals surface area (Å²) >= 11 is 0. The minimum Gasteiger partial charge on any atom is -0.486 e. The van der Waals surface area contributed by atoms with Crippen molar-refractivity contribution in [2.75, 3.05) is 29.6 Å². The van der Waals surface area contributed by atoms with E-state index in [0.717, 1.165) is 18.9 Å². The summed E-state index contributed by atoms with van der Waals surface area (Å²) in [4.78, 5) is 14.5. The van der Waals surface area contributed by atoms with Crippen LogP contribution < -0.4 is 19.7 Å². The predicted molar refractivity (Wildman–Crippen MR) is 129 cm³/mol. The number of halogens is 2. The van der Waals surface area contributed by atoms with Gasteiger partial charge in [0, 0.05) is 24.3 Å². The van der Waals surface area contributed by atoms with E-state index >= 15 is 0 Å². The van der Waals surface area contributed by atoms with Crippen molar-refractivity contribution in [1.82, 2.24) is 19.7 Å². The highest BCUT2D eigenvalue weighted by Gasteiger charge is 2.26. The van der Waals surface area contributed by atoms with Crippen molar-refractivity contribution >= 4 is 27.5 Å². The summed E-state index contributed by atoms with van der Waals surface area (Å²) in [6, 6.07) is 6.34.